The van der Waals surface area contributed by atoms with Crippen LogP contribution < -0.4 is 4.18 Å². The Hall–Kier alpha value is -3.75. The largest absolute Gasteiger partial charge is 0.379 e. The molecule has 0 spiro atoms. The Kier molecular flexibility index (Phi) is 7.67. The molecular formula is C27H20ClF2NO4S. The fourth-order valence-electron chi connectivity index (χ4n) is 3.46. The zero-order valence-electron chi connectivity index (χ0n) is 18.8. The molecule has 1 amide bonds. The molecule has 5 nitrogen and oxygen atoms in total. The van der Waals surface area contributed by atoms with Gasteiger partial charge in [0.1, 0.15) is 22.3 Å². The predicted octanol–water partition coefficient (Wildman–Crippen LogP) is 6.23. The number of hydrogen-bond acceptors (Lipinski definition) is 4. The van der Waals surface area contributed by atoms with Crippen LogP contribution in [0.3, 0.4) is 0 Å². The monoisotopic (exact) mass is 527 g/mol. The molecule has 4 aromatic carbocycles. The van der Waals surface area contributed by atoms with Crippen LogP contribution in [-0.2, 0) is 23.2 Å². The number of halogens is 3. The van der Waals surface area contributed by atoms with Crippen LogP contribution in [-0.4, -0.2) is 19.2 Å². The summed E-state index contributed by atoms with van der Waals surface area (Å²) < 4.78 is 56.5. The molecule has 4 aromatic rings. The molecule has 0 saturated carbocycles. The van der Waals surface area contributed by atoms with Gasteiger partial charge in [0, 0.05) is 13.1 Å². The molecule has 0 radical (unpaired) electrons. The molecule has 0 aliphatic carbocycles. The number of benzene rings is 4. The molecule has 0 aliphatic heterocycles. The summed E-state index contributed by atoms with van der Waals surface area (Å²) in [7, 11) is -4.14. The number of amides is 1. The van der Waals surface area contributed by atoms with Gasteiger partial charge in [-0.3, -0.25) is 4.79 Å². The molecular weight excluding hydrogens is 508 g/mol. The molecule has 0 atom stereocenters. The number of carbonyl (C=O) groups excluding carboxylic acids is 1. The maximum Gasteiger partial charge on any atom is 0.339 e. The van der Waals surface area contributed by atoms with Crippen molar-refractivity contribution in [3.05, 3.63) is 130 Å². The molecule has 0 saturated heterocycles. The highest BCUT2D eigenvalue weighted by molar-refractivity contribution is 7.87. The van der Waals surface area contributed by atoms with Gasteiger partial charge >= 0.3 is 10.1 Å². The zero-order valence-corrected chi connectivity index (χ0v) is 20.3. The second kappa shape index (κ2) is 10.9. The zero-order chi connectivity index (χ0) is 25.7. The summed E-state index contributed by atoms with van der Waals surface area (Å²) in [5.74, 6) is -1.20. The average Bonchev–Trinajstić information content (AvgIpc) is 2.86. The summed E-state index contributed by atoms with van der Waals surface area (Å²) in [6, 6.07) is 23.0. The van der Waals surface area contributed by atoms with E-state index < -0.39 is 15.9 Å². The number of rotatable bonds is 8. The normalized spacial score (nSPS) is 11.2. The quantitative estimate of drug-likeness (QED) is 0.255. The molecule has 0 bridgehead atoms. The summed E-state index contributed by atoms with van der Waals surface area (Å²) in [4.78, 5) is 14.7. The van der Waals surface area contributed by atoms with Crippen LogP contribution in [0, 0.1) is 11.6 Å². The fourth-order valence-corrected chi connectivity index (χ4v) is 4.61. The summed E-state index contributed by atoms with van der Waals surface area (Å²) in [6.07, 6.45) is 0. The van der Waals surface area contributed by atoms with Crippen LogP contribution in [0.15, 0.2) is 102 Å². The SMILES string of the molecule is O=C(c1ccccc1Cl)N(Cc1ccc(F)cc1)Cc1ccc(OS(=O)(=O)c2ccc(F)cc2)cc1. The molecule has 0 aliphatic rings. The molecule has 0 fully saturated rings. The molecule has 9 heteroatoms. The van der Waals surface area contributed by atoms with Gasteiger partial charge < -0.3 is 9.08 Å². The highest BCUT2D eigenvalue weighted by Crippen LogP contribution is 2.23. The second-order valence-electron chi connectivity index (χ2n) is 7.90. The van der Waals surface area contributed by atoms with Crippen LogP contribution in [0.25, 0.3) is 0 Å². The van der Waals surface area contributed by atoms with Crippen LogP contribution in [0.4, 0.5) is 8.78 Å². The lowest BCUT2D eigenvalue weighted by molar-refractivity contribution is 0.0730. The van der Waals surface area contributed by atoms with Gasteiger partial charge in [0.15, 0.2) is 0 Å². The number of carbonyl (C=O) groups is 1. The van der Waals surface area contributed by atoms with E-state index in [2.05, 4.69) is 0 Å². The van der Waals surface area contributed by atoms with E-state index in [0.29, 0.717) is 16.1 Å². The van der Waals surface area contributed by atoms with Gasteiger partial charge in [-0.25, -0.2) is 8.78 Å². The van der Waals surface area contributed by atoms with E-state index >= 15 is 0 Å². The van der Waals surface area contributed by atoms with Gasteiger partial charge in [-0.05, 0) is 71.8 Å². The maximum atomic E-state index is 13.4. The molecule has 0 aromatic heterocycles. The third kappa shape index (κ3) is 6.27. The van der Waals surface area contributed by atoms with Crippen molar-refractivity contribution < 1.29 is 26.2 Å². The Bertz CT molecular complexity index is 1460. The van der Waals surface area contributed by atoms with Crippen LogP contribution in [0.1, 0.15) is 21.5 Å². The molecule has 0 N–H and O–H groups in total. The molecule has 0 unspecified atom stereocenters. The highest BCUT2D eigenvalue weighted by Gasteiger charge is 2.20. The van der Waals surface area contributed by atoms with Crippen molar-refractivity contribution in [1.29, 1.82) is 0 Å². The Morgan fingerprint density at radius 2 is 1.25 bits per heavy atom. The Balaban J connectivity index is 1.54. The van der Waals surface area contributed by atoms with Gasteiger partial charge in [-0.2, -0.15) is 8.42 Å². The van der Waals surface area contributed by atoms with E-state index in [4.69, 9.17) is 15.8 Å². The topological polar surface area (TPSA) is 63.7 Å². The Morgan fingerprint density at radius 1 is 0.750 bits per heavy atom. The van der Waals surface area contributed by atoms with E-state index in [1.165, 1.54) is 24.3 Å². The average molecular weight is 528 g/mol. The van der Waals surface area contributed by atoms with E-state index in [-0.39, 0.29) is 35.5 Å². The second-order valence-corrected chi connectivity index (χ2v) is 9.86. The van der Waals surface area contributed by atoms with Crippen LogP contribution >= 0.6 is 11.6 Å². The van der Waals surface area contributed by atoms with Gasteiger partial charge in [-0.1, -0.05) is 48.0 Å². The third-order valence-corrected chi connectivity index (χ3v) is 6.87. The first kappa shape index (κ1) is 25.3. The number of nitrogens with zero attached hydrogens (tertiary/aromatic N) is 1. The summed E-state index contributed by atoms with van der Waals surface area (Å²) in [6.45, 7) is 0.369. The first-order valence-corrected chi connectivity index (χ1v) is 12.6. The van der Waals surface area contributed by atoms with Gasteiger partial charge in [0.05, 0.1) is 10.6 Å². The minimum Gasteiger partial charge on any atom is -0.379 e. The molecule has 36 heavy (non-hydrogen) atoms. The maximum absolute atomic E-state index is 13.4. The minimum absolute atomic E-state index is 0.0607. The van der Waals surface area contributed by atoms with Crippen molar-refractivity contribution in [2.75, 3.05) is 0 Å². The van der Waals surface area contributed by atoms with Gasteiger partial charge in [0.2, 0.25) is 0 Å². The summed E-state index contributed by atoms with van der Waals surface area (Å²) in [5.41, 5.74) is 1.75. The Morgan fingerprint density at radius 3 is 1.81 bits per heavy atom. The van der Waals surface area contributed by atoms with Crippen molar-refractivity contribution in [2.45, 2.75) is 18.0 Å². The molecule has 4 rings (SSSR count). The van der Waals surface area contributed by atoms with Crippen molar-refractivity contribution >= 4 is 27.6 Å². The first-order valence-electron chi connectivity index (χ1n) is 10.8. The van der Waals surface area contributed by atoms with Crippen LogP contribution in [0.5, 0.6) is 5.75 Å². The predicted molar refractivity (Wildman–Crippen MR) is 132 cm³/mol. The number of hydrogen-bond donors (Lipinski definition) is 0. The summed E-state index contributed by atoms with van der Waals surface area (Å²) in [5, 5.41) is 0.307. The fraction of sp³-hybridized carbons (Fsp3) is 0.0741. The Labute approximate surface area is 212 Å². The summed E-state index contributed by atoms with van der Waals surface area (Å²) >= 11 is 6.24. The van der Waals surface area contributed by atoms with Crippen molar-refractivity contribution in [3.8, 4) is 5.75 Å². The molecule has 0 heterocycles. The lowest BCUT2D eigenvalue weighted by atomic mass is 10.1. The highest BCUT2D eigenvalue weighted by atomic mass is 35.5. The first-order chi connectivity index (χ1) is 17.2. The van der Waals surface area contributed by atoms with E-state index in [1.54, 1.807) is 53.4 Å². The smallest absolute Gasteiger partial charge is 0.339 e. The van der Waals surface area contributed by atoms with Crippen molar-refractivity contribution in [2.24, 2.45) is 0 Å². The van der Waals surface area contributed by atoms with E-state index in [1.807, 2.05) is 0 Å². The van der Waals surface area contributed by atoms with Gasteiger partial charge in [0.25, 0.3) is 5.91 Å². The van der Waals surface area contributed by atoms with Crippen LogP contribution in [0.2, 0.25) is 5.02 Å². The van der Waals surface area contributed by atoms with E-state index in [9.17, 15) is 22.0 Å². The minimum atomic E-state index is -4.14. The van der Waals surface area contributed by atoms with E-state index in [0.717, 1.165) is 29.8 Å². The standard InChI is InChI=1S/C27H20ClF2NO4S/c28-26-4-2-1-3-25(26)27(32)31(17-19-5-9-21(29)10-6-19)18-20-7-13-23(14-8-20)35-36(33,34)24-15-11-22(30)12-16-24/h1-16H,17-18H2. The lowest BCUT2D eigenvalue weighted by Crippen LogP contribution is -2.30. The molecule has 184 valence electrons. The lowest BCUT2D eigenvalue weighted by Gasteiger charge is -2.24. The van der Waals surface area contributed by atoms with Crippen molar-refractivity contribution in [3.63, 3.8) is 0 Å². The third-order valence-electron chi connectivity index (χ3n) is 5.28. The van der Waals surface area contributed by atoms with Gasteiger partial charge in [-0.15, -0.1) is 0 Å². The van der Waals surface area contributed by atoms with Crippen molar-refractivity contribution in [1.82, 2.24) is 4.90 Å².